The minimum atomic E-state index is 0.940. The van der Waals surface area contributed by atoms with Crippen LogP contribution in [-0.2, 0) is 0 Å². The summed E-state index contributed by atoms with van der Waals surface area (Å²) in [6.07, 6.45) is 0. The fourth-order valence-corrected chi connectivity index (χ4v) is 9.34. The summed E-state index contributed by atoms with van der Waals surface area (Å²) in [6.45, 7) is 0. The summed E-state index contributed by atoms with van der Waals surface area (Å²) in [5.74, 6) is 0. The van der Waals surface area contributed by atoms with Gasteiger partial charge in [0.15, 0.2) is 0 Å². The number of rotatable bonds is 3. The molecule has 0 saturated carbocycles. The maximum absolute atomic E-state index is 6.46. The Balaban J connectivity index is 1.13. The number of benzene rings is 9. The van der Waals surface area contributed by atoms with E-state index in [-0.39, 0.29) is 0 Å². The van der Waals surface area contributed by atoms with Gasteiger partial charge in [-0.2, -0.15) is 0 Å². The monoisotopic (exact) mass is 652 g/mol. The number of fused-ring (bicyclic) bond motifs is 10. The molecule has 0 unspecified atom stereocenters. The van der Waals surface area contributed by atoms with Gasteiger partial charge in [0, 0.05) is 30.9 Å². The summed E-state index contributed by atoms with van der Waals surface area (Å²) in [5, 5.41) is 12.4. The molecule has 2 heteroatoms. The molecule has 0 aliphatic carbocycles. The second-order valence-electron chi connectivity index (χ2n) is 13.2. The third kappa shape index (κ3) is 4.06. The summed E-state index contributed by atoms with van der Waals surface area (Å²) in [4.78, 5) is 0. The van der Waals surface area contributed by atoms with Crippen LogP contribution in [0, 0.1) is 0 Å². The van der Waals surface area contributed by atoms with Crippen molar-refractivity contribution in [3.05, 3.63) is 170 Å². The predicted octanol–water partition coefficient (Wildman–Crippen LogP) is 14.4. The highest BCUT2D eigenvalue weighted by molar-refractivity contribution is 7.26. The molecule has 0 spiro atoms. The van der Waals surface area contributed by atoms with Gasteiger partial charge in [0.2, 0.25) is 0 Å². The van der Waals surface area contributed by atoms with E-state index in [9.17, 15) is 0 Å². The average Bonchev–Trinajstić information content (AvgIpc) is 3.73. The zero-order valence-corrected chi connectivity index (χ0v) is 27.8. The van der Waals surface area contributed by atoms with Gasteiger partial charge in [-0.1, -0.05) is 140 Å². The van der Waals surface area contributed by atoms with Crippen molar-refractivity contribution in [3.8, 4) is 33.4 Å². The van der Waals surface area contributed by atoms with Crippen molar-refractivity contribution in [2.75, 3.05) is 0 Å². The Morgan fingerprint density at radius 1 is 0.320 bits per heavy atom. The van der Waals surface area contributed by atoms with Crippen molar-refractivity contribution in [3.63, 3.8) is 0 Å². The standard InChI is InChI=1S/C48H28OS/c1-2-10-29(11-3-1)30-18-20-31(21-19-30)45-35-14-6-8-16-37(35)46(38-17-9-7-15-36(38)45)34-22-23-39-44(28-34)50-43-25-24-41-47(48(39)43)40-26-32-12-4-5-13-33(32)27-42(40)49-41/h1-28H. The number of thiophene rings is 1. The maximum Gasteiger partial charge on any atom is 0.136 e. The van der Waals surface area contributed by atoms with Gasteiger partial charge in [-0.3, -0.25) is 0 Å². The van der Waals surface area contributed by atoms with E-state index in [1.54, 1.807) is 0 Å². The predicted molar refractivity (Wildman–Crippen MR) is 215 cm³/mol. The molecule has 0 aliphatic rings. The lowest BCUT2D eigenvalue weighted by Gasteiger charge is -2.18. The molecule has 11 aromatic rings. The van der Waals surface area contributed by atoms with E-state index < -0.39 is 0 Å². The van der Waals surface area contributed by atoms with Crippen molar-refractivity contribution in [1.29, 1.82) is 0 Å². The van der Waals surface area contributed by atoms with E-state index in [4.69, 9.17) is 4.42 Å². The third-order valence-corrected chi connectivity index (χ3v) is 11.6. The van der Waals surface area contributed by atoms with Gasteiger partial charge in [0.25, 0.3) is 0 Å². The third-order valence-electron chi connectivity index (χ3n) is 10.4. The van der Waals surface area contributed by atoms with Crippen LogP contribution < -0.4 is 0 Å². The molecule has 0 bridgehead atoms. The highest BCUT2D eigenvalue weighted by atomic mass is 32.1. The molecule has 232 valence electrons. The second-order valence-corrected chi connectivity index (χ2v) is 14.3. The van der Waals surface area contributed by atoms with Gasteiger partial charge in [0.05, 0.1) is 0 Å². The Bertz CT molecular complexity index is 3070. The van der Waals surface area contributed by atoms with Crippen molar-refractivity contribution in [1.82, 2.24) is 0 Å². The van der Waals surface area contributed by atoms with E-state index in [2.05, 4.69) is 170 Å². The van der Waals surface area contributed by atoms with Gasteiger partial charge in [-0.15, -0.1) is 11.3 Å². The number of hydrogen-bond acceptors (Lipinski definition) is 2. The van der Waals surface area contributed by atoms with Crippen molar-refractivity contribution >= 4 is 85.8 Å². The first-order valence-corrected chi connectivity index (χ1v) is 17.9. The molecule has 9 aromatic carbocycles. The Kier molecular flexibility index (Phi) is 5.89. The Labute approximate surface area is 292 Å². The van der Waals surface area contributed by atoms with Gasteiger partial charge < -0.3 is 4.42 Å². The van der Waals surface area contributed by atoms with Crippen LogP contribution in [0.2, 0.25) is 0 Å². The zero-order chi connectivity index (χ0) is 32.8. The first kappa shape index (κ1) is 27.7. The van der Waals surface area contributed by atoms with Crippen molar-refractivity contribution in [2.45, 2.75) is 0 Å². The van der Waals surface area contributed by atoms with E-state index in [1.807, 2.05) is 11.3 Å². The van der Waals surface area contributed by atoms with Crippen LogP contribution in [0.15, 0.2) is 174 Å². The van der Waals surface area contributed by atoms with E-state index >= 15 is 0 Å². The summed E-state index contributed by atoms with van der Waals surface area (Å²) in [6, 6.07) is 62.0. The molecular formula is C48H28OS. The number of hydrogen-bond donors (Lipinski definition) is 0. The molecule has 0 N–H and O–H groups in total. The van der Waals surface area contributed by atoms with Gasteiger partial charge >= 0.3 is 0 Å². The fraction of sp³-hybridized carbons (Fsp3) is 0. The van der Waals surface area contributed by atoms with Crippen LogP contribution in [0.1, 0.15) is 0 Å². The van der Waals surface area contributed by atoms with E-state index in [0.29, 0.717) is 0 Å². The quantitative estimate of drug-likeness (QED) is 0.173. The van der Waals surface area contributed by atoms with Crippen LogP contribution in [0.5, 0.6) is 0 Å². The first-order valence-electron chi connectivity index (χ1n) is 17.1. The Hall–Kier alpha value is -6.22. The van der Waals surface area contributed by atoms with Crippen LogP contribution in [0.3, 0.4) is 0 Å². The fourth-order valence-electron chi connectivity index (χ4n) is 8.18. The van der Waals surface area contributed by atoms with E-state index in [1.165, 1.54) is 96.6 Å². The van der Waals surface area contributed by atoms with Gasteiger partial charge in [-0.25, -0.2) is 0 Å². The summed E-state index contributed by atoms with van der Waals surface area (Å²) >= 11 is 1.87. The molecule has 2 aromatic heterocycles. The first-order chi connectivity index (χ1) is 24.8. The molecular weight excluding hydrogens is 625 g/mol. The summed E-state index contributed by atoms with van der Waals surface area (Å²) in [7, 11) is 0. The molecule has 0 amide bonds. The highest BCUT2D eigenvalue weighted by Gasteiger charge is 2.19. The largest absolute Gasteiger partial charge is 0.456 e. The van der Waals surface area contributed by atoms with Crippen LogP contribution in [0.25, 0.3) is 108 Å². The highest BCUT2D eigenvalue weighted by Crippen LogP contribution is 2.47. The molecule has 0 fully saturated rings. The lowest BCUT2D eigenvalue weighted by molar-refractivity contribution is 0.670. The molecule has 0 aliphatic heterocycles. The Morgan fingerprint density at radius 2 is 0.880 bits per heavy atom. The van der Waals surface area contributed by atoms with E-state index in [0.717, 1.165) is 11.2 Å². The second kappa shape index (κ2) is 10.6. The molecule has 50 heavy (non-hydrogen) atoms. The molecule has 2 heterocycles. The molecule has 11 rings (SSSR count). The minimum absolute atomic E-state index is 0.940. The molecule has 0 atom stereocenters. The summed E-state index contributed by atoms with van der Waals surface area (Å²) < 4.78 is 9.03. The van der Waals surface area contributed by atoms with Crippen molar-refractivity contribution < 1.29 is 4.42 Å². The van der Waals surface area contributed by atoms with Crippen molar-refractivity contribution in [2.24, 2.45) is 0 Å². The lowest BCUT2D eigenvalue weighted by atomic mass is 9.85. The topological polar surface area (TPSA) is 13.1 Å². The summed E-state index contributed by atoms with van der Waals surface area (Å²) in [5.41, 5.74) is 9.37. The maximum atomic E-state index is 6.46. The van der Waals surface area contributed by atoms with Crippen LogP contribution >= 0.6 is 11.3 Å². The number of furan rings is 1. The van der Waals surface area contributed by atoms with Gasteiger partial charge in [0.1, 0.15) is 11.2 Å². The van der Waals surface area contributed by atoms with Gasteiger partial charge in [-0.05, 0) is 96.0 Å². The lowest BCUT2D eigenvalue weighted by Crippen LogP contribution is -1.90. The zero-order valence-electron chi connectivity index (χ0n) is 27.0. The molecule has 0 radical (unpaired) electrons. The SMILES string of the molecule is c1ccc(-c2ccc(-c3c4ccccc4c(-c4ccc5c(c4)sc4ccc6oc7cc8ccccc8cc7c6c45)c4ccccc34)cc2)cc1. The minimum Gasteiger partial charge on any atom is -0.456 e. The normalized spacial score (nSPS) is 12.0. The van der Waals surface area contributed by atoms with Crippen LogP contribution in [0.4, 0.5) is 0 Å². The van der Waals surface area contributed by atoms with Crippen LogP contribution in [-0.4, -0.2) is 0 Å². The molecule has 0 saturated heterocycles. The smallest absolute Gasteiger partial charge is 0.136 e. The molecule has 1 nitrogen and oxygen atoms in total. The average molecular weight is 653 g/mol. The Morgan fingerprint density at radius 3 is 1.58 bits per heavy atom.